The Kier molecular flexibility index (Phi) is 10.1. The summed E-state index contributed by atoms with van der Waals surface area (Å²) >= 11 is 14.1. The first kappa shape index (κ1) is 35.6. The van der Waals surface area contributed by atoms with Gasteiger partial charge in [0, 0.05) is 53.5 Å². The first-order chi connectivity index (χ1) is 24.3. The van der Waals surface area contributed by atoms with E-state index in [0.717, 1.165) is 0 Å². The number of amides is 2. The van der Waals surface area contributed by atoms with Crippen molar-refractivity contribution in [1.29, 1.82) is 0 Å². The van der Waals surface area contributed by atoms with E-state index in [1.165, 1.54) is 22.5 Å². The monoisotopic (exact) mass is 727 g/mol. The van der Waals surface area contributed by atoms with Gasteiger partial charge >= 0.3 is 6.09 Å². The summed E-state index contributed by atoms with van der Waals surface area (Å²) in [7, 11) is 1.44. The van der Waals surface area contributed by atoms with Crippen molar-refractivity contribution in [2.45, 2.75) is 51.8 Å². The van der Waals surface area contributed by atoms with Gasteiger partial charge in [-0.15, -0.1) is 0 Å². The van der Waals surface area contributed by atoms with Gasteiger partial charge in [0.15, 0.2) is 6.29 Å². The molecule has 51 heavy (non-hydrogen) atoms. The molecule has 0 spiro atoms. The lowest BCUT2D eigenvalue weighted by Crippen LogP contribution is -2.44. The fourth-order valence-electron chi connectivity index (χ4n) is 5.96. The molecule has 0 radical (unpaired) electrons. The van der Waals surface area contributed by atoms with E-state index in [9.17, 15) is 19.2 Å². The number of aromatic nitrogens is 3. The number of aldehydes is 1. The lowest BCUT2D eigenvalue weighted by molar-refractivity contribution is -0.119. The summed E-state index contributed by atoms with van der Waals surface area (Å²) in [5.41, 5.74) is 3.84. The average Bonchev–Trinajstić information content (AvgIpc) is 3.51. The zero-order valence-corrected chi connectivity index (χ0v) is 29.9. The van der Waals surface area contributed by atoms with Crippen molar-refractivity contribution in [2.24, 2.45) is 0 Å². The van der Waals surface area contributed by atoms with Gasteiger partial charge in [0.25, 0.3) is 5.56 Å². The third-order valence-corrected chi connectivity index (χ3v) is 9.15. The summed E-state index contributed by atoms with van der Waals surface area (Å²) in [5.74, 6) is 0.121. The van der Waals surface area contributed by atoms with Crippen molar-refractivity contribution < 1.29 is 23.9 Å². The van der Waals surface area contributed by atoms with Crippen LogP contribution in [0, 0.1) is 0 Å². The smallest absolute Gasteiger partial charge is 0.410 e. The van der Waals surface area contributed by atoms with Crippen LogP contribution in [0.15, 0.2) is 77.7 Å². The van der Waals surface area contributed by atoms with Crippen molar-refractivity contribution in [1.82, 2.24) is 24.6 Å². The summed E-state index contributed by atoms with van der Waals surface area (Å²) in [6.07, 6.45) is 2.71. The molecule has 1 atom stereocenters. The fourth-order valence-corrected chi connectivity index (χ4v) is 6.62. The highest BCUT2D eigenvalue weighted by Gasteiger charge is 2.29. The minimum atomic E-state index is -0.744. The second kappa shape index (κ2) is 14.5. The normalized spacial score (nSPS) is 14.3. The third-order valence-electron chi connectivity index (χ3n) is 8.34. The summed E-state index contributed by atoms with van der Waals surface area (Å²) in [6.45, 7) is 5.53. The van der Waals surface area contributed by atoms with Gasteiger partial charge in [-0.05, 0) is 57.0 Å². The molecule has 0 bridgehead atoms. The fraction of sp³-hybridized carbons (Fsp3) is 0.263. The van der Waals surface area contributed by atoms with Gasteiger partial charge in [0.1, 0.15) is 11.2 Å². The van der Waals surface area contributed by atoms with Crippen molar-refractivity contribution in [3.63, 3.8) is 0 Å². The largest absolute Gasteiger partial charge is 0.480 e. The number of rotatable bonds is 9. The summed E-state index contributed by atoms with van der Waals surface area (Å²) in [6, 6.07) is 19.1. The predicted molar refractivity (Wildman–Crippen MR) is 195 cm³/mol. The Hall–Kier alpha value is -5.26. The quantitative estimate of drug-likeness (QED) is 0.157. The molecule has 2 amide bonds. The Morgan fingerprint density at radius 2 is 1.67 bits per heavy atom. The molecule has 13 heteroatoms. The van der Waals surface area contributed by atoms with Gasteiger partial charge in [-0.25, -0.2) is 14.8 Å². The summed E-state index contributed by atoms with van der Waals surface area (Å²) < 4.78 is 12.3. The number of carbonyl (C=O) groups excluding carboxylic acids is 3. The molecule has 0 saturated carbocycles. The maximum Gasteiger partial charge on any atom is 0.410 e. The van der Waals surface area contributed by atoms with Crippen LogP contribution in [0.25, 0.3) is 39.2 Å². The number of nitrogens with zero attached hydrogens (tertiary/aromatic N) is 4. The van der Waals surface area contributed by atoms with E-state index in [2.05, 4.69) is 10.3 Å². The predicted octanol–water partition coefficient (Wildman–Crippen LogP) is 7.23. The number of fused-ring (bicyclic) bond motifs is 1. The lowest BCUT2D eigenvalue weighted by Gasteiger charge is -2.29. The first-order valence-electron chi connectivity index (χ1n) is 16.2. The Morgan fingerprint density at radius 3 is 2.31 bits per heavy atom. The maximum atomic E-state index is 13.2. The molecular formula is C38H35Cl2N5O6. The van der Waals surface area contributed by atoms with Crippen LogP contribution in [0.5, 0.6) is 5.88 Å². The number of benzene rings is 2. The van der Waals surface area contributed by atoms with Crippen LogP contribution in [-0.2, 0) is 16.1 Å². The average molecular weight is 729 g/mol. The molecule has 1 aliphatic rings. The Morgan fingerprint density at radius 1 is 0.980 bits per heavy atom. The van der Waals surface area contributed by atoms with Crippen molar-refractivity contribution >= 4 is 47.1 Å². The van der Waals surface area contributed by atoms with Crippen LogP contribution in [0.2, 0.25) is 10.0 Å². The lowest BCUT2D eigenvalue weighted by atomic mass is 9.97. The minimum absolute atomic E-state index is 0.000928. The van der Waals surface area contributed by atoms with Gasteiger partial charge in [0.2, 0.25) is 11.8 Å². The van der Waals surface area contributed by atoms with Crippen LogP contribution < -0.4 is 15.6 Å². The number of ether oxygens (including phenoxy) is 2. The molecule has 5 aromatic rings. The van der Waals surface area contributed by atoms with Crippen molar-refractivity contribution in [2.75, 3.05) is 13.7 Å². The van der Waals surface area contributed by atoms with E-state index < -0.39 is 11.7 Å². The van der Waals surface area contributed by atoms with E-state index in [-0.39, 0.29) is 36.5 Å². The molecule has 1 fully saturated rings. The van der Waals surface area contributed by atoms with Gasteiger partial charge in [-0.1, -0.05) is 59.6 Å². The molecule has 11 nitrogen and oxygen atoms in total. The van der Waals surface area contributed by atoms with Crippen LogP contribution in [0.4, 0.5) is 4.79 Å². The summed E-state index contributed by atoms with van der Waals surface area (Å²) in [5, 5.41) is 3.72. The Balaban J connectivity index is 1.35. The topological polar surface area (TPSA) is 132 Å². The number of nitrogens with one attached hydrogen (secondary N) is 1. The number of halogens is 2. The highest BCUT2D eigenvalue weighted by atomic mass is 35.5. The number of pyridine rings is 2. The van der Waals surface area contributed by atoms with Crippen LogP contribution in [0.3, 0.4) is 0 Å². The van der Waals surface area contributed by atoms with E-state index in [1.54, 1.807) is 51.2 Å². The van der Waals surface area contributed by atoms with E-state index >= 15 is 0 Å². The number of methoxy groups -OCH3 is 1. The van der Waals surface area contributed by atoms with Crippen LogP contribution >= 0.6 is 23.2 Å². The third kappa shape index (κ3) is 7.74. The van der Waals surface area contributed by atoms with Crippen LogP contribution in [0.1, 0.15) is 49.7 Å². The second-order valence-electron chi connectivity index (χ2n) is 13.1. The molecular weight excluding hydrogens is 693 g/mol. The number of carbonyl (C=O) groups is 3. The SMILES string of the molecule is COc1nc(-c2cccc(-c3cccc(-c4ccn5c(=O)cc(CN(C[C@@H]6CCC(=O)N6)C(=O)OC(C)(C)C)nc5c4)c3Cl)c2Cl)ccc1C=O. The number of hydrogen-bond acceptors (Lipinski definition) is 8. The summed E-state index contributed by atoms with van der Waals surface area (Å²) in [4.78, 5) is 60.4. The van der Waals surface area contributed by atoms with Crippen molar-refractivity contribution in [3.05, 3.63) is 105 Å². The maximum absolute atomic E-state index is 13.2. The molecule has 0 unspecified atom stereocenters. The first-order valence-corrected chi connectivity index (χ1v) is 17.0. The zero-order chi connectivity index (χ0) is 36.4. The highest BCUT2D eigenvalue weighted by Crippen LogP contribution is 2.42. The van der Waals surface area contributed by atoms with E-state index in [0.29, 0.717) is 79.6 Å². The molecule has 0 aliphatic carbocycles. The van der Waals surface area contributed by atoms with E-state index in [4.69, 9.17) is 37.7 Å². The Labute approximate surface area is 304 Å². The van der Waals surface area contributed by atoms with Gasteiger partial charge in [-0.2, -0.15) is 0 Å². The molecule has 1 aliphatic heterocycles. The van der Waals surface area contributed by atoms with Gasteiger partial charge in [-0.3, -0.25) is 18.8 Å². The molecule has 1 N–H and O–H groups in total. The van der Waals surface area contributed by atoms with Gasteiger partial charge in [0.05, 0.1) is 40.7 Å². The molecule has 1 saturated heterocycles. The van der Waals surface area contributed by atoms with Gasteiger partial charge < -0.3 is 19.7 Å². The Bertz CT molecular complexity index is 2230. The zero-order valence-electron chi connectivity index (χ0n) is 28.4. The van der Waals surface area contributed by atoms with Crippen molar-refractivity contribution in [3.8, 4) is 39.4 Å². The molecule has 262 valence electrons. The molecule has 3 aromatic heterocycles. The number of hydrogen-bond donors (Lipinski definition) is 1. The highest BCUT2D eigenvalue weighted by molar-refractivity contribution is 6.39. The standard InChI is InChI=1S/C38H35Cl2N5O6/c1-38(2,3)51-37(49)44(19-24-12-14-32(47)42-24)20-25-18-33(48)45-16-15-22(17-31(45)41-25)26-7-5-8-27(34(26)39)28-9-6-10-29(35(28)40)30-13-11-23(21-46)36(43-30)50-4/h5-11,13,15-18,21,24H,12,14,19-20H2,1-4H3,(H,42,47)/t24-/m0/s1. The molecule has 4 heterocycles. The minimum Gasteiger partial charge on any atom is -0.480 e. The molecule has 6 rings (SSSR count). The molecule has 2 aromatic carbocycles. The van der Waals surface area contributed by atoms with Crippen LogP contribution in [-0.4, -0.2) is 62.9 Å². The van der Waals surface area contributed by atoms with E-state index in [1.807, 2.05) is 36.4 Å². The second-order valence-corrected chi connectivity index (χ2v) is 13.9.